The zero-order chi connectivity index (χ0) is 19.6. The lowest BCUT2D eigenvalue weighted by molar-refractivity contribution is -0.118. The number of aromatic amines is 2. The molecular weight excluding hydrogens is 358 g/mol. The molecule has 4 heteroatoms. The van der Waals surface area contributed by atoms with Crippen LogP contribution in [0, 0.1) is 6.92 Å². The highest BCUT2D eigenvalue weighted by Gasteiger charge is 2.51. The van der Waals surface area contributed by atoms with Crippen molar-refractivity contribution in [1.29, 1.82) is 0 Å². The lowest BCUT2D eigenvalue weighted by Crippen LogP contribution is -2.36. The Balaban J connectivity index is 1.78. The highest BCUT2D eigenvalue weighted by Crippen LogP contribution is 2.51. The molecule has 0 spiro atoms. The largest absolute Gasteiger partial charge is 0.361 e. The van der Waals surface area contributed by atoms with Crippen LogP contribution in [-0.4, -0.2) is 15.9 Å². The number of fused-ring (bicyclic) bond motifs is 3. The van der Waals surface area contributed by atoms with Gasteiger partial charge in [-0.05, 0) is 30.7 Å². The van der Waals surface area contributed by atoms with Crippen LogP contribution in [0.3, 0.4) is 0 Å². The van der Waals surface area contributed by atoms with E-state index in [2.05, 4.69) is 52.5 Å². The third-order valence-electron chi connectivity index (χ3n) is 6.15. The van der Waals surface area contributed by atoms with Crippen LogP contribution in [0.25, 0.3) is 21.8 Å². The van der Waals surface area contributed by atoms with Crippen molar-refractivity contribution in [3.8, 4) is 0 Å². The number of benzene rings is 3. The van der Waals surface area contributed by atoms with Crippen LogP contribution in [0.15, 0.2) is 79.1 Å². The average Bonchev–Trinajstić information content (AvgIpc) is 3.41. The molecule has 6 rings (SSSR count). The van der Waals surface area contributed by atoms with Crippen LogP contribution in [0.2, 0.25) is 0 Å². The summed E-state index contributed by atoms with van der Waals surface area (Å²) in [5, 5.41) is 5.26. The van der Waals surface area contributed by atoms with E-state index < -0.39 is 5.41 Å². The summed E-state index contributed by atoms with van der Waals surface area (Å²) in [7, 11) is 0. The lowest BCUT2D eigenvalue weighted by atomic mass is 9.70. The van der Waals surface area contributed by atoms with E-state index in [0.717, 1.165) is 44.2 Å². The fourth-order valence-corrected chi connectivity index (χ4v) is 4.87. The van der Waals surface area contributed by atoms with E-state index in [1.54, 1.807) is 0 Å². The molecule has 1 unspecified atom stereocenters. The standard InChI is InChI=1S/C25H19N3O/c1-15-10-11-17-20(14-27-23(17)12-15)25(18-7-3-5-9-22(18)28-24(25)29)19-13-26-21-8-4-2-6-16(19)21/h2-14,26-27H,1H3,(H,28,29). The first-order valence-electron chi connectivity index (χ1n) is 9.75. The van der Waals surface area contributed by atoms with Gasteiger partial charge in [0.05, 0.1) is 0 Å². The number of aromatic nitrogens is 2. The quantitative estimate of drug-likeness (QED) is 0.387. The second-order valence-corrected chi connectivity index (χ2v) is 7.75. The van der Waals surface area contributed by atoms with Gasteiger partial charge in [-0.15, -0.1) is 0 Å². The topological polar surface area (TPSA) is 60.7 Å². The molecule has 0 saturated heterocycles. The van der Waals surface area contributed by atoms with E-state index in [1.165, 1.54) is 5.56 Å². The minimum absolute atomic E-state index is 0.0232. The predicted molar refractivity (Wildman–Crippen MR) is 116 cm³/mol. The van der Waals surface area contributed by atoms with Gasteiger partial charge in [-0.2, -0.15) is 0 Å². The number of amides is 1. The molecule has 0 bridgehead atoms. The zero-order valence-electron chi connectivity index (χ0n) is 15.9. The number of anilines is 1. The van der Waals surface area contributed by atoms with Gasteiger partial charge in [-0.3, -0.25) is 4.79 Å². The van der Waals surface area contributed by atoms with Gasteiger partial charge in [0, 0.05) is 56.6 Å². The van der Waals surface area contributed by atoms with Crippen molar-refractivity contribution in [2.75, 3.05) is 5.32 Å². The predicted octanol–water partition coefficient (Wildman–Crippen LogP) is 5.24. The number of aryl methyl sites for hydroxylation is 1. The molecule has 1 aliphatic heterocycles. The first kappa shape index (κ1) is 16.2. The number of para-hydroxylation sites is 2. The molecular formula is C25H19N3O. The molecule has 0 saturated carbocycles. The summed E-state index contributed by atoms with van der Waals surface area (Å²) in [6.45, 7) is 2.08. The summed E-state index contributed by atoms with van der Waals surface area (Å²) in [4.78, 5) is 20.5. The summed E-state index contributed by atoms with van der Waals surface area (Å²) in [6.07, 6.45) is 3.98. The van der Waals surface area contributed by atoms with E-state index in [1.807, 2.05) is 48.8 Å². The van der Waals surface area contributed by atoms with E-state index in [4.69, 9.17) is 0 Å². The summed E-state index contributed by atoms with van der Waals surface area (Å²) in [5.41, 5.74) is 6.11. The van der Waals surface area contributed by atoms with Gasteiger partial charge >= 0.3 is 0 Å². The minimum atomic E-state index is -0.927. The van der Waals surface area contributed by atoms with Crippen molar-refractivity contribution >= 4 is 33.4 Å². The van der Waals surface area contributed by atoms with Crippen molar-refractivity contribution in [2.45, 2.75) is 12.3 Å². The number of H-pyrrole nitrogens is 2. The smallest absolute Gasteiger partial charge is 0.244 e. The van der Waals surface area contributed by atoms with Crippen molar-refractivity contribution < 1.29 is 4.79 Å². The van der Waals surface area contributed by atoms with Gasteiger partial charge in [-0.1, -0.05) is 48.5 Å². The van der Waals surface area contributed by atoms with E-state index in [-0.39, 0.29) is 5.91 Å². The van der Waals surface area contributed by atoms with Crippen molar-refractivity contribution in [3.05, 3.63) is 101 Å². The average molecular weight is 377 g/mol. The Morgan fingerprint density at radius 2 is 1.41 bits per heavy atom. The van der Waals surface area contributed by atoms with Crippen LogP contribution >= 0.6 is 0 Å². The third kappa shape index (κ3) is 2.00. The fourth-order valence-electron chi connectivity index (χ4n) is 4.87. The number of nitrogens with one attached hydrogen (secondary N) is 3. The highest BCUT2D eigenvalue weighted by molar-refractivity contribution is 6.15. The molecule has 0 radical (unpaired) electrons. The number of carbonyl (C=O) groups is 1. The molecule has 0 fully saturated rings. The Morgan fingerprint density at radius 3 is 2.28 bits per heavy atom. The summed E-state index contributed by atoms with van der Waals surface area (Å²) in [5.74, 6) is -0.0232. The number of carbonyl (C=O) groups excluding carboxylic acids is 1. The monoisotopic (exact) mass is 377 g/mol. The fraction of sp³-hybridized carbons (Fsp3) is 0.0800. The molecule has 1 amide bonds. The maximum Gasteiger partial charge on any atom is 0.244 e. The molecule has 2 aromatic heterocycles. The van der Waals surface area contributed by atoms with Gasteiger partial charge < -0.3 is 15.3 Å². The number of hydrogen-bond donors (Lipinski definition) is 3. The van der Waals surface area contributed by atoms with Gasteiger partial charge in [0.25, 0.3) is 0 Å². The lowest BCUT2D eigenvalue weighted by Gasteiger charge is -2.27. The van der Waals surface area contributed by atoms with Gasteiger partial charge in [-0.25, -0.2) is 0 Å². The summed E-state index contributed by atoms with van der Waals surface area (Å²) < 4.78 is 0. The summed E-state index contributed by atoms with van der Waals surface area (Å²) >= 11 is 0. The minimum Gasteiger partial charge on any atom is -0.361 e. The first-order valence-corrected chi connectivity index (χ1v) is 9.75. The Hall–Kier alpha value is -3.79. The van der Waals surface area contributed by atoms with Crippen molar-refractivity contribution in [1.82, 2.24) is 9.97 Å². The molecule has 1 aliphatic rings. The second kappa shape index (κ2) is 5.61. The molecule has 5 aromatic rings. The van der Waals surface area contributed by atoms with Crippen LogP contribution < -0.4 is 5.32 Å². The van der Waals surface area contributed by atoms with Gasteiger partial charge in [0.2, 0.25) is 5.91 Å². The molecule has 140 valence electrons. The van der Waals surface area contributed by atoms with Crippen LogP contribution in [-0.2, 0) is 10.2 Å². The Kier molecular flexibility index (Phi) is 3.13. The maximum atomic E-state index is 13.8. The molecule has 3 N–H and O–H groups in total. The highest BCUT2D eigenvalue weighted by atomic mass is 16.2. The normalized spacial score (nSPS) is 18.3. The molecule has 0 aliphatic carbocycles. The van der Waals surface area contributed by atoms with Gasteiger partial charge in [0.1, 0.15) is 5.41 Å². The Morgan fingerprint density at radius 1 is 0.724 bits per heavy atom. The third-order valence-corrected chi connectivity index (χ3v) is 6.15. The first-order chi connectivity index (χ1) is 14.2. The van der Waals surface area contributed by atoms with Crippen LogP contribution in [0.1, 0.15) is 22.3 Å². The van der Waals surface area contributed by atoms with Crippen molar-refractivity contribution in [3.63, 3.8) is 0 Å². The van der Waals surface area contributed by atoms with Crippen LogP contribution in [0.5, 0.6) is 0 Å². The number of hydrogen-bond acceptors (Lipinski definition) is 1. The molecule has 1 atom stereocenters. The maximum absolute atomic E-state index is 13.8. The Bertz CT molecular complexity index is 1420. The van der Waals surface area contributed by atoms with E-state index >= 15 is 0 Å². The molecule has 3 heterocycles. The molecule has 3 aromatic carbocycles. The molecule has 4 nitrogen and oxygen atoms in total. The van der Waals surface area contributed by atoms with Crippen molar-refractivity contribution in [2.24, 2.45) is 0 Å². The van der Waals surface area contributed by atoms with Gasteiger partial charge in [0.15, 0.2) is 0 Å². The number of rotatable bonds is 2. The molecule has 29 heavy (non-hydrogen) atoms. The van der Waals surface area contributed by atoms with E-state index in [0.29, 0.717) is 0 Å². The van der Waals surface area contributed by atoms with Crippen LogP contribution in [0.4, 0.5) is 5.69 Å². The van der Waals surface area contributed by atoms with E-state index in [9.17, 15) is 4.79 Å². The SMILES string of the molecule is Cc1ccc2c(C3(c4c[nH]c5ccccc45)C(=O)Nc4ccccc43)c[nH]c2c1. The Labute approximate surface area is 167 Å². The second-order valence-electron chi connectivity index (χ2n) is 7.75. The zero-order valence-corrected chi connectivity index (χ0v) is 15.9. The summed E-state index contributed by atoms with van der Waals surface area (Å²) in [6, 6.07) is 22.5.